The Hall–Kier alpha value is -1.85. The maximum absolute atomic E-state index is 12.7. The minimum atomic E-state index is -3.46. The molecule has 0 amide bonds. The molecule has 1 saturated heterocycles. The van der Waals surface area contributed by atoms with E-state index in [0.717, 1.165) is 24.2 Å². The molecule has 1 fully saturated rings. The monoisotopic (exact) mass is 358 g/mol. The van der Waals surface area contributed by atoms with Gasteiger partial charge in [0.2, 0.25) is 10.0 Å². The highest BCUT2D eigenvalue weighted by atomic mass is 32.2. The zero-order valence-electron chi connectivity index (χ0n) is 15.0. The smallest absolute Gasteiger partial charge is 0.243 e. The molecule has 0 atom stereocenters. The van der Waals surface area contributed by atoms with Crippen molar-refractivity contribution in [1.82, 2.24) is 4.31 Å². The Kier molecular flexibility index (Phi) is 5.45. The molecule has 134 valence electrons. The molecule has 1 heterocycles. The Morgan fingerprint density at radius 3 is 2.12 bits per heavy atom. The van der Waals surface area contributed by atoms with Crippen LogP contribution in [0.4, 0.5) is 5.69 Å². The van der Waals surface area contributed by atoms with Gasteiger partial charge in [-0.15, -0.1) is 0 Å². The molecule has 0 N–H and O–H groups in total. The van der Waals surface area contributed by atoms with E-state index in [1.165, 1.54) is 29.3 Å². The molecule has 1 aliphatic rings. The summed E-state index contributed by atoms with van der Waals surface area (Å²) < 4.78 is 26.8. The Balaban J connectivity index is 1.69. The third-order valence-corrected chi connectivity index (χ3v) is 6.61. The van der Waals surface area contributed by atoms with Crippen LogP contribution in [0.1, 0.15) is 30.4 Å². The number of sulfonamides is 1. The second-order valence-corrected chi connectivity index (χ2v) is 8.83. The predicted molar refractivity (Wildman–Crippen MR) is 102 cm³/mol. The molecule has 25 heavy (non-hydrogen) atoms. The first kappa shape index (κ1) is 18.0. The van der Waals surface area contributed by atoms with Gasteiger partial charge >= 0.3 is 0 Å². The van der Waals surface area contributed by atoms with Crippen LogP contribution < -0.4 is 4.90 Å². The topological polar surface area (TPSA) is 40.6 Å². The van der Waals surface area contributed by atoms with Crippen LogP contribution in [0.25, 0.3) is 0 Å². The van der Waals surface area contributed by atoms with Crippen molar-refractivity contribution >= 4 is 15.7 Å². The highest BCUT2D eigenvalue weighted by Gasteiger charge is 2.20. The minimum Gasteiger partial charge on any atom is -0.372 e. The molecule has 0 aromatic heterocycles. The summed E-state index contributed by atoms with van der Waals surface area (Å²) in [5.74, 6) is 0. The zero-order valence-corrected chi connectivity index (χ0v) is 15.8. The summed E-state index contributed by atoms with van der Waals surface area (Å²) in [4.78, 5) is 2.74. The van der Waals surface area contributed by atoms with Crippen molar-refractivity contribution in [1.29, 1.82) is 0 Å². The third kappa shape index (κ3) is 4.22. The van der Waals surface area contributed by atoms with Gasteiger partial charge in [0.05, 0.1) is 4.90 Å². The maximum Gasteiger partial charge on any atom is 0.243 e. The lowest BCUT2D eigenvalue weighted by Crippen LogP contribution is -2.29. The third-order valence-electron chi connectivity index (χ3n) is 4.79. The summed E-state index contributed by atoms with van der Waals surface area (Å²) in [5.41, 5.74) is 3.28. The van der Waals surface area contributed by atoms with Gasteiger partial charge in [-0.05, 0) is 56.0 Å². The minimum absolute atomic E-state index is 0.338. The number of anilines is 1. The van der Waals surface area contributed by atoms with Crippen molar-refractivity contribution in [2.24, 2.45) is 0 Å². The van der Waals surface area contributed by atoms with Crippen LogP contribution in [0.15, 0.2) is 53.4 Å². The fraction of sp³-hybridized carbons (Fsp3) is 0.400. The molecule has 5 heteroatoms. The van der Waals surface area contributed by atoms with Gasteiger partial charge < -0.3 is 4.90 Å². The molecule has 4 nitrogen and oxygen atoms in total. The molecule has 0 radical (unpaired) electrons. The molecule has 1 aliphatic heterocycles. The number of hydrogen-bond donors (Lipinski definition) is 0. The van der Waals surface area contributed by atoms with Crippen molar-refractivity contribution in [2.75, 3.05) is 25.0 Å². The molecule has 0 aliphatic carbocycles. The van der Waals surface area contributed by atoms with Crippen molar-refractivity contribution in [3.63, 3.8) is 0 Å². The Labute approximate surface area is 151 Å². The first-order valence-electron chi connectivity index (χ1n) is 8.84. The summed E-state index contributed by atoms with van der Waals surface area (Å²) >= 11 is 0. The van der Waals surface area contributed by atoms with E-state index in [1.807, 2.05) is 31.2 Å². The zero-order chi connectivity index (χ0) is 17.9. The van der Waals surface area contributed by atoms with Gasteiger partial charge in [-0.25, -0.2) is 8.42 Å². The molecule has 0 saturated carbocycles. The van der Waals surface area contributed by atoms with Gasteiger partial charge in [-0.1, -0.05) is 29.8 Å². The lowest BCUT2D eigenvalue weighted by Gasteiger charge is -2.29. The van der Waals surface area contributed by atoms with E-state index in [1.54, 1.807) is 19.2 Å². The van der Waals surface area contributed by atoms with Gasteiger partial charge in [0.25, 0.3) is 0 Å². The van der Waals surface area contributed by atoms with Crippen LogP contribution in [0.5, 0.6) is 0 Å². The first-order valence-corrected chi connectivity index (χ1v) is 10.3. The van der Waals surface area contributed by atoms with Crippen LogP contribution in [-0.4, -0.2) is 32.9 Å². The quantitative estimate of drug-likeness (QED) is 0.816. The fourth-order valence-corrected chi connectivity index (χ4v) is 4.36. The Bertz CT molecular complexity index is 793. The van der Waals surface area contributed by atoms with Crippen LogP contribution in [-0.2, 0) is 16.6 Å². The van der Waals surface area contributed by atoms with Crippen molar-refractivity contribution < 1.29 is 8.42 Å². The van der Waals surface area contributed by atoms with Crippen molar-refractivity contribution in [3.8, 4) is 0 Å². The normalized spacial score (nSPS) is 15.6. The molecule has 3 rings (SSSR count). The number of benzene rings is 2. The second-order valence-electron chi connectivity index (χ2n) is 6.79. The standard InChI is InChI=1S/C20H26N2O2S/c1-17-6-12-20(13-7-17)25(23,24)21(2)16-18-8-10-19(11-9-18)22-14-4-3-5-15-22/h6-13H,3-5,14-16H2,1-2H3. The Morgan fingerprint density at radius 2 is 1.52 bits per heavy atom. The highest BCUT2D eigenvalue weighted by Crippen LogP contribution is 2.22. The SMILES string of the molecule is Cc1ccc(S(=O)(=O)N(C)Cc2ccc(N3CCCCC3)cc2)cc1. The largest absolute Gasteiger partial charge is 0.372 e. The van der Waals surface area contributed by atoms with Crippen molar-refractivity contribution in [3.05, 3.63) is 59.7 Å². The van der Waals surface area contributed by atoms with E-state index in [0.29, 0.717) is 11.4 Å². The summed E-state index contributed by atoms with van der Waals surface area (Å²) in [6.45, 7) is 4.54. The highest BCUT2D eigenvalue weighted by molar-refractivity contribution is 7.89. The number of hydrogen-bond acceptors (Lipinski definition) is 3. The van der Waals surface area contributed by atoms with Gasteiger partial charge in [0, 0.05) is 32.4 Å². The molecule has 2 aromatic carbocycles. The summed E-state index contributed by atoms with van der Waals surface area (Å²) in [6, 6.07) is 15.3. The maximum atomic E-state index is 12.7. The van der Waals surface area contributed by atoms with Crippen molar-refractivity contribution in [2.45, 2.75) is 37.6 Å². The van der Waals surface area contributed by atoms with E-state index in [2.05, 4.69) is 17.0 Å². The first-order chi connectivity index (χ1) is 12.0. The van der Waals surface area contributed by atoms with E-state index in [9.17, 15) is 8.42 Å². The molecule has 0 spiro atoms. The van der Waals surface area contributed by atoms with Gasteiger partial charge in [0.15, 0.2) is 0 Å². The average molecular weight is 359 g/mol. The Morgan fingerprint density at radius 1 is 0.920 bits per heavy atom. The fourth-order valence-electron chi connectivity index (χ4n) is 3.20. The lowest BCUT2D eigenvalue weighted by atomic mass is 10.1. The number of piperidine rings is 1. The number of rotatable bonds is 5. The van der Waals surface area contributed by atoms with Crippen LogP contribution in [0.3, 0.4) is 0 Å². The summed E-state index contributed by atoms with van der Waals surface area (Å²) in [6.07, 6.45) is 3.81. The van der Waals surface area contributed by atoms with E-state index in [4.69, 9.17) is 0 Å². The summed E-state index contributed by atoms with van der Waals surface area (Å²) in [5, 5.41) is 0. The van der Waals surface area contributed by atoms with Crippen LogP contribution in [0.2, 0.25) is 0 Å². The van der Waals surface area contributed by atoms with E-state index in [-0.39, 0.29) is 0 Å². The van der Waals surface area contributed by atoms with Crippen LogP contribution >= 0.6 is 0 Å². The number of nitrogens with zero attached hydrogens (tertiary/aromatic N) is 2. The van der Waals surface area contributed by atoms with E-state index < -0.39 is 10.0 Å². The average Bonchev–Trinajstić information content (AvgIpc) is 2.63. The molecule has 0 bridgehead atoms. The molecule has 0 unspecified atom stereocenters. The van der Waals surface area contributed by atoms with E-state index >= 15 is 0 Å². The molecule has 2 aromatic rings. The van der Waals surface area contributed by atoms with Gasteiger partial charge in [0.1, 0.15) is 0 Å². The molecular weight excluding hydrogens is 332 g/mol. The van der Waals surface area contributed by atoms with Gasteiger partial charge in [-0.2, -0.15) is 4.31 Å². The second kappa shape index (κ2) is 7.58. The van der Waals surface area contributed by atoms with Crippen LogP contribution in [0, 0.1) is 6.92 Å². The number of aryl methyl sites for hydroxylation is 1. The van der Waals surface area contributed by atoms with Gasteiger partial charge in [-0.3, -0.25) is 0 Å². The lowest BCUT2D eigenvalue weighted by molar-refractivity contribution is 0.466. The summed E-state index contributed by atoms with van der Waals surface area (Å²) in [7, 11) is -1.83. The predicted octanol–water partition coefficient (Wildman–Crippen LogP) is 3.81. The molecular formula is C20H26N2O2S.